The van der Waals surface area contributed by atoms with Crippen LogP contribution in [-0.4, -0.2) is 23.2 Å². The van der Waals surface area contributed by atoms with E-state index in [0.717, 1.165) is 40.0 Å². The second-order valence-electron chi connectivity index (χ2n) is 8.08. The number of aliphatic hydroxyl groups excluding tert-OH is 1. The Kier molecular flexibility index (Phi) is 6.12. The Morgan fingerprint density at radius 3 is 2.54 bits per heavy atom. The second-order valence-corrected chi connectivity index (χ2v) is 9.90. The van der Waals surface area contributed by atoms with E-state index in [1.165, 1.54) is 50.3 Å². The predicted molar refractivity (Wildman–Crippen MR) is 118 cm³/mol. The van der Waals surface area contributed by atoms with Crippen LogP contribution in [0.25, 0.3) is 0 Å². The largest absolute Gasteiger partial charge is 0.390 e. The Hall–Kier alpha value is -0.940. The Labute approximate surface area is 181 Å². The van der Waals surface area contributed by atoms with Crippen LogP contribution in [-0.2, 0) is 6.61 Å². The molecule has 1 aliphatic carbocycles. The van der Waals surface area contributed by atoms with Crippen molar-refractivity contribution >= 4 is 40.7 Å². The predicted octanol–water partition coefficient (Wildman–Crippen LogP) is 6.50. The molecule has 0 bridgehead atoms. The van der Waals surface area contributed by atoms with Gasteiger partial charge in [0.1, 0.15) is 5.03 Å². The van der Waals surface area contributed by atoms with Crippen LogP contribution >= 0.6 is 35.0 Å². The van der Waals surface area contributed by atoms with Crippen LogP contribution in [0.3, 0.4) is 0 Å². The number of pyridine rings is 1. The summed E-state index contributed by atoms with van der Waals surface area (Å²) >= 11 is 14.0. The van der Waals surface area contributed by atoms with Crippen molar-refractivity contribution in [1.29, 1.82) is 0 Å². The highest BCUT2D eigenvalue weighted by Crippen LogP contribution is 2.47. The van der Waals surface area contributed by atoms with Crippen molar-refractivity contribution in [2.45, 2.75) is 62.0 Å². The van der Waals surface area contributed by atoms with Gasteiger partial charge >= 0.3 is 0 Å². The molecule has 28 heavy (non-hydrogen) atoms. The van der Waals surface area contributed by atoms with Gasteiger partial charge in [0.25, 0.3) is 0 Å². The van der Waals surface area contributed by atoms with Crippen LogP contribution in [0, 0.1) is 12.3 Å². The molecule has 2 aliphatic rings. The molecule has 0 atom stereocenters. The summed E-state index contributed by atoms with van der Waals surface area (Å²) < 4.78 is 0. The lowest BCUT2D eigenvalue weighted by Gasteiger charge is -2.41. The van der Waals surface area contributed by atoms with Gasteiger partial charge in [-0.1, -0.05) is 53.9 Å². The van der Waals surface area contributed by atoms with Crippen molar-refractivity contribution in [1.82, 2.24) is 4.98 Å². The number of aromatic nitrogens is 1. The van der Waals surface area contributed by atoms with Crippen LogP contribution in [0.15, 0.2) is 34.2 Å². The highest BCUT2D eigenvalue weighted by atomic mass is 35.5. The number of anilines is 1. The molecule has 3 nitrogen and oxygen atoms in total. The smallest absolute Gasteiger partial charge is 0.104 e. The quantitative estimate of drug-likeness (QED) is 0.592. The third-order valence-electron chi connectivity index (χ3n) is 6.32. The first-order valence-electron chi connectivity index (χ1n) is 9.99. The molecular formula is C22H26Cl2N2OS. The summed E-state index contributed by atoms with van der Waals surface area (Å²) in [6, 6.07) is 7.79. The molecule has 2 fully saturated rings. The zero-order chi connectivity index (χ0) is 19.7. The lowest BCUT2D eigenvalue weighted by molar-refractivity contribution is 0.225. The van der Waals surface area contributed by atoms with E-state index >= 15 is 0 Å². The molecule has 4 rings (SSSR count). The molecule has 1 aliphatic heterocycles. The monoisotopic (exact) mass is 436 g/mol. The zero-order valence-electron chi connectivity index (χ0n) is 16.2. The molecule has 2 heterocycles. The van der Waals surface area contributed by atoms with Gasteiger partial charge in [0.2, 0.25) is 0 Å². The van der Waals surface area contributed by atoms with Gasteiger partial charge in [0.05, 0.1) is 28.0 Å². The van der Waals surface area contributed by atoms with Gasteiger partial charge in [-0.2, -0.15) is 0 Å². The molecule has 1 aromatic heterocycles. The molecule has 0 unspecified atom stereocenters. The van der Waals surface area contributed by atoms with Gasteiger partial charge in [-0.25, -0.2) is 4.98 Å². The molecule has 1 N–H and O–H groups in total. The van der Waals surface area contributed by atoms with Crippen LogP contribution in [0.4, 0.5) is 5.69 Å². The van der Waals surface area contributed by atoms with Crippen molar-refractivity contribution in [3.05, 3.63) is 45.6 Å². The number of rotatable bonds is 4. The lowest BCUT2D eigenvalue weighted by Crippen LogP contribution is -2.39. The molecule has 150 valence electrons. The van der Waals surface area contributed by atoms with E-state index < -0.39 is 0 Å². The van der Waals surface area contributed by atoms with E-state index in [4.69, 9.17) is 28.2 Å². The minimum Gasteiger partial charge on any atom is -0.390 e. The summed E-state index contributed by atoms with van der Waals surface area (Å²) in [6.07, 6.45) is 8.07. The Bertz CT molecular complexity index is 858. The van der Waals surface area contributed by atoms with Crippen molar-refractivity contribution in [3.63, 3.8) is 0 Å². The third-order valence-corrected chi connectivity index (χ3v) is 8.42. The summed E-state index contributed by atoms with van der Waals surface area (Å²) in [5.74, 6) is 0. The number of piperidine rings is 1. The molecule has 1 aromatic carbocycles. The number of benzene rings is 1. The summed E-state index contributed by atoms with van der Waals surface area (Å²) in [5, 5.41) is 11.9. The number of aliphatic hydroxyl groups is 1. The minimum absolute atomic E-state index is 0.0614. The van der Waals surface area contributed by atoms with Gasteiger partial charge < -0.3 is 10.0 Å². The van der Waals surface area contributed by atoms with E-state index in [-0.39, 0.29) is 6.61 Å². The molecule has 2 aromatic rings. The average Bonchev–Trinajstić information content (AvgIpc) is 3.15. The second kappa shape index (κ2) is 8.43. The van der Waals surface area contributed by atoms with E-state index in [1.54, 1.807) is 6.07 Å². The standard InChI is InChI=1S/C22H26Cl2N2OS/c1-15-13-18(26-11-9-22(10-12-26)7-2-3-8-22)17(14-27)25-21(15)28-19-6-4-5-16(23)20(19)24/h4-6,13,27H,2-3,7-12,14H2,1H3. The number of halogens is 2. The van der Waals surface area contributed by atoms with Crippen LogP contribution in [0.5, 0.6) is 0 Å². The third kappa shape index (κ3) is 4.02. The Morgan fingerprint density at radius 2 is 1.86 bits per heavy atom. The fraction of sp³-hybridized carbons (Fsp3) is 0.500. The maximum Gasteiger partial charge on any atom is 0.104 e. The van der Waals surface area contributed by atoms with E-state index in [2.05, 4.69) is 17.9 Å². The first-order valence-corrected chi connectivity index (χ1v) is 11.6. The Morgan fingerprint density at radius 1 is 1.14 bits per heavy atom. The number of hydrogen-bond donors (Lipinski definition) is 1. The molecule has 1 saturated heterocycles. The van der Waals surface area contributed by atoms with Gasteiger partial charge in [-0.05, 0) is 61.8 Å². The van der Waals surface area contributed by atoms with Gasteiger partial charge in [0, 0.05) is 18.0 Å². The van der Waals surface area contributed by atoms with Crippen LogP contribution in [0.2, 0.25) is 10.0 Å². The fourth-order valence-corrected chi connectivity index (χ4v) is 6.03. The van der Waals surface area contributed by atoms with E-state index in [9.17, 15) is 5.11 Å². The summed E-state index contributed by atoms with van der Waals surface area (Å²) in [4.78, 5) is 8.08. The molecule has 0 amide bonds. The summed E-state index contributed by atoms with van der Waals surface area (Å²) in [6.45, 7) is 4.12. The van der Waals surface area contributed by atoms with E-state index in [1.807, 2.05) is 12.1 Å². The van der Waals surface area contributed by atoms with Crippen molar-refractivity contribution in [3.8, 4) is 0 Å². The normalized spacial score (nSPS) is 18.8. The van der Waals surface area contributed by atoms with E-state index in [0.29, 0.717) is 15.5 Å². The number of hydrogen-bond acceptors (Lipinski definition) is 4. The maximum absolute atomic E-state index is 9.99. The summed E-state index contributed by atoms with van der Waals surface area (Å²) in [5.41, 5.74) is 3.50. The number of nitrogens with zero attached hydrogens (tertiary/aromatic N) is 2. The van der Waals surface area contributed by atoms with Crippen LogP contribution < -0.4 is 4.90 Å². The van der Waals surface area contributed by atoms with Crippen molar-refractivity contribution in [2.75, 3.05) is 18.0 Å². The Balaban J connectivity index is 1.57. The molecule has 1 saturated carbocycles. The molecule has 0 radical (unpaired) electrons. The minimum atomic E-state index is -0.0614. The summed E-state index contributed by atoms with van der Waals surface area (Å²) in [7, 11) is 0. The van der Waals surface area contributed by atoms with Crippen LogP contribution in [0.1, 0.15) is 49.8 Å². The van der Waals surface area contributed by atoms with Gasteiger partial charge in [-0.15, -0.1) is 0 Å². The highest BCUT2D eigenvalue weighted by Gasteiger charge is 2.37. The average molecular weight is 437 g/mol. The SMILES string of the molecule is Cc1cc(N2CCC3(CCCC3)CC2)c(CO)nc1Sc1cccc(Cl)c1Cl. The van der Waals surface area contributed by atoms with Gasteiger partial charge in [-0.3, -0.25) is 0 Å². The zero-order valence-corrected chi connectivity index (χ0v) is 18.5. The lowest BCUT2D eigenvalue weighted by atomic mass is 9.77. The number of aryl methyl sites for hydroxylation is 1. The van der Waals surface area contributed by atoms with Crippen molar-refractivity contribution < 1.29 is 5.11 Å². The first-order chi connectivity index (χ1) is 13.5. The molecular weight excluding hydrogens is 411 g/mol. The highest BCUT2D eigenvalue weighted by molar-refractivity contribution is 7.99. The maximum atomic E-state index is 9.99. The topological polar surface area (TPSA) is 36.4 Å². The van der Waals surface area contributed by atoms with Crippen molar-refractivity contribution in [2.24, 2.45) is 5.41 Å². The first kappa shape index (κ1) is 20.3. The van der Waals surface area contributed by atoms with Gasteiger partial charge in [0.15, 0.2) is 0 Å². The molecule has 1 spiro atoms. The fourth-order valence-electron chi connectivity index (χ4n) is 4.63. The molecule has 6 heteroatoms.